The smallest absolute Gasteiger partial charge is 0.112 e. The summed E-state index contributed by atoms with van der Waals surface area (Å²) >= 11 is 0. The van der Waals surface area contributed by atoms with Crippen LogP contribution in [0.15, 0.2) is 146 Å². The van der Waals surface area contributed by atoms with Crippen LogP contribution in [0.5, 0.6) is 0 Å². The lowest BCUT2D eigenvalue weighted by Gasteiger charge is -2.25. The molecule has 59 heavy (non-hydrogen) atoms. The van der Waals surface area contributed by atoms with Crippen LogP contribution in [0.25, 0.3) is 77.2 Å². The summed E-state index contributed by atoms with van der Waals surface area (Å²) in [5.41, 5.74) is 24.0. The zero-order valence-electron chi connectivity index (χ0n) is 34.7. The van der Waals surface area contributed by atoms with Crippen molar-refractivity contribution < 1.29 is 0 Å². The Labute approximate surface area is 347 Å². The topological polar surface area (TPSA) is 9.86 Å². The van der Waals surface area contributed by atoms with Gasteiger partial charge in [-0.2, -0.15) is 0 Å². The van der Waals surface area contributed by atoms with E-state index in [4.69, 9.17) is 0 Å². The van der Waals surface area contributed by atoms with E-state index in [9.17, 15) is 0 Å². The van der Waals surface area contributed by atoms with E-state index >= 15 is 0 Å². The van der Waals surface area contributed by atoms with Gasteiger partial charge in [-0.3, -0.25) is 0 Å². The van der Waals surface area contributed by atoms with Crippen molar-refractivity contribution >= 4 is 62.1 Å². The summed E-state index contributed by atoms with van der Waals surface area (Å²) < 4.78 is 4.95. The summed E-state index contributed by atoms with van der Waals surface area (Å²) in [4.78, 5) is 0. The minimum Gasteiger partial charge on any atom is -0.309 e. The first-order chi connectivity index (χ1) is 28.6. The molecular weight excluding hydrogens is 729 g/mol. The molecule has 0 saturated carbocycles. The van der Waals surface area contributed by atoms with Gasteiger partial charge in [0, 0.05) is 32.9 Å². The largest absolute Gasteiger partial charge is 0.309 e. The van der Waals surface area contributed by atoms with E-state index in [0.717, 1.165) is 12.8 Å². The fourth-order valence-corrected chi connectivity index (χ4v) is 12.9. The Morgan fingerprint density at radius 3 is 0.983 bits per heavy atom. The fraction of sp³-hybridized carbons (Fsp3) is 0.143. The number of fused-ring (bicyclic) bond motifs is 12. The third-order valence-corrected chi connectivity index (χ3v) is 17.4. The van der Waals surface area contributed by atoms with Gasteiger partial charge >= 0.3 is 0 Å². The van der Waals surface area contributed by atoms with Crippen LogP contribution in [-0.4, -0.2) is 17.2 Å². The summed E-state index contributed by atoms with van der Waals surface area (Å²) in [6.45, 7) is 13.9. The zero-order chi connectivity index (χ0) is 39.9. The molecule has 2 nitrogen and oxygen atoms in total. The molecule has 10 aromatic rings. The van der Waals surface area contributed by atoms with Crippen LogP contribution in [-0.2, 0) is 12.8 Å². The molecule has 12 rings (SSSR count). The molecule has 284 valence electrons. The van der Waals surface area contributed by atoms with Gasteiger partial charge < -0.3 is 9.13 Å². The second-order valence-electron chi connectivity index (χ2n) is 18.2. The predicted molar refractivity (Wildman–Crippen MR) is 254 cm³/mol. The van der Waals surface area contributed by atoms with Gasteiger partial charge in [-0.25, -0.2) is 0 Å². The molecule has 2 heterocycles. The highest BCUT2D eigenvalue weighted by Crippen LogP contribution is 2.42. The Bertz CT molecular complexity index is 3110. The molecule has 0 spiro atoms. The highest BCUT2D eigenvalue weighted by atomic mass is 28.3. The number of aryl methyl sites for hydroxylation is 4. The van der Waals surface area contributed by atoms with Crippen molar-refractivity contribution in [2.45, 2.75) is 53.6 Å². The Hall–Kier alpha value is -6.42. The van der Waals surface area contributed by atoms with Crippen molar-refractivity contribution in [3.05, 3.63) is 190 Å². The minimum absolute atomic E-state index is 0.988. The van der Waals surface area contributed by atoms with Gasteiger partial charge in [0.1, 0.15) is 8.07 Å². The van der Waals surface area contributed by atoms with E-state index < -0.39 is 8.07 Å². The standard InChI is InChI=1S/C56H46N2Si/c1-33-7-19-53-49(23-33)50-24-34(2)8-20-54(50)57(53)41-15-11-37-27-39-13-17-43(31-47(39)45(37)29-41)59(5,6)44-18-14-40-28-38-12-16-42(30-46(38)48(40)32-44)58-55-21-9-35(3)25-51(55)52-26-36(4)10-22-56(52)58/h7-26,29-32H,27-28H2,1-6H3. The number of hydrogen-bond acceptors (Lipinski definition) is 0. The van der Waals surface area contributed by atoms with Gasteiger partial charge in [0.25, 0.3) is 0 Å². The Morgan fingerprint density at radius 2 is 0.644 bits per heavy atom. The fourth-order valence-electron chi connectivity index (χ4n) is 10.6. The van der Waals surface area contributed by atoms with Crippen LogP contribution in [0.3, 0.4) is 0 Å². The lowest BCUT2D eigenvalue weighted by molar-refractivity contribution is 1.17. The molecule has 0 saturated heterocycles. The van der Waals surface area contributed by atoms with Crippen LogP contribution < -0.4 is 10.4 Å². The Balaban J connectivity index is 0.937. The number of rotatable bonds is 4. The van der Waals surface area contributed by atoms with Crippen molar-refractivity contribution in [2.24, 2.45) is 0 Å². The van der Waals surface area contributed by atoms with Gasteiger partial charge in [0.05, 0.1) is 22.1 Å². The van der Waals surface area contributed by atoms with E-state index in [2.05, 4.69) is 196 Å². The number of aromatic nitrogens is 2. The molecule has 0 radical (unpaired) electrons. The maximum atomic E-state index is 2.56. The van der Waals surface area contributed by atoms with Crippen molar-refractivity contribution in [2.75, 3.05) is 0 Å². The molecule has 0 fully saturated rings. The zero-order valence-corrected chi connectivity index (χ0v) is 35.7. The highest BCUT2D eigenvalue weighted by Gasteiger charge is 2.31. The second kappa shape index (κ2) is 12.3. The van der Waals surface area contributed by atoms with Crippen molar-refractivity contribution in [1.29, 1.82) is 0 Å². The molecule has 2 aliphatic carbocycles. The maximum absolute atomic E-state index is 2.56. The summed E-state index contributed by atoms with van der Waals surface area (Å²) in [7, 11) is -2.09. The van der Waals surface area contributed by atoms with Crippen LogP contribution in [0.2, 0.25) is 13.1 Å². The van der Waals surface area contributed by atoms with Gasteiger partial charge in [-0.1, -0.05) is 119 Å². The normalized spacial score (nSPS) is 13.1. The van der Waals surface area contributed by atoms with E-state index in [-0.39, 0.29) is 0 Å². The molecule has 0 amide bonds. The summed E-state index contributed by atoms with van der Waals surface area (Å²) in [6.07, 6.45) is 1.98. The molecule has 0 N–H and O–H groups in total. The number of nitrogens with zero attached hydrogens (tertiary/aromatic N) is 2. The van der Waals surface area contributed by atoms with Crippen LogP contribution in [0.1, 0.15) is 44.5 Å². The van der Waals surface area contributed by atoms with E-state index in [1.165, 1.54) is 132 Å². The molecular formula is C56H46N2Si. The van der Waals surface area contributed by atoms with Gasteiger partial charge in [0.2, 0.25) is 0 Å². The summed E-state index contributed by atoms with van der Waals surface area (Å²) in [6, 6.07) is 56.8. The van der Waals surface area contributed by atoms with Gasteiger partial charge in [-0.15, -0.1) is 0 Å². The lowest BCUT2D eigenvalue weighted by Crippen LogP contribution is -2.52. The molecule has 0 unspecified atom stereocenters. The average Bonchev–Trinajstić information content (AvgIpc) is 3.97. The van der Waals surface area contributed by atoms with E-state index in [1.807, 2.05) is 0 Å². The summed E-state index contributed by atoms with van der Waals surface area (Å²) in [5.74, 6) is 0. The first-order valence-electron chi connectivity index (χ1n) is 21.2. The van der Waals surface area contributed by atoms with Crippen LogP contribution in [0, 0.1) is 27.7 Å². The first kappa shape index (κ1) is 34.6. The number of hydrogen-bond donors (Lipinski definition) is 0. The quantitative estimate of drug-likeness (QED) is 0.158. The molecule has 2 aromatic heterocycles. The maximum Gasteiger partial charge on any atom is 0.112 e. The summed E-state index contributed by atoms with van der Waals surface area (Å²) in [5, 5.41) is 8.27. The first-order valence-corrected chi connectivity index (χ1v) is 24.2. The van der Waals surface area contributed by atoms with E-state index in [0.29, 0.717) is 0 Å². The molecule has 8 aromatic carbocycles. The Kier molecular flexibility index (Phi) is 7.21. The monoisotopic (exact) mass is 774 g/mol. The lowest BCUT2D eigenvalue weighted by atomic mass is 10.0. The van der Waals surface area contributed by atoms with Crippen LogP contribution >= 0.6 is 0 Å². The third-order valence-electron chi connectivity index (χ3n) is 13.9. The van der Waals surface area contributed by atoms with Crippen molar-refractivity contribution in [3.63, 3.8) is 0 Å². The third kappa shape index (κ3) is 5.11. The Morgan fingerprint density at radius 1 is 0.339 bits per heavy atom. The molecule has 0 bridgehead atoms. The van der Waals surface area contributed by atoms with Gasteiger partial charge in [-0.05, 0) is 158 Å². The number of benzene rings is 8. The molecule has 2 aliphatic rings. The predicted octanol–water partition coefficient (Wildman–Crippen LogP) is 13.1. The average molecular weight is 775 g/mol. The molecule has 0 aliphatic heterocycles. The minimum atomic E-state index is -2.09. The van der Waals surface area contributed by atoms with Crippen molar-refractivity contribution in [1.82, 2.24) is 9.13 Å². The highest BCUT2D eigenvalue weighted by molar-refractivity contribution is 7.00. The van der Waals surface area contributed by atoms with Gasteiger partial charge in [0.15, 0.2) is 0 Å². The molecule has 0 atom stereocenters. The second-order valence-corrected chi connectivity index (χ2v) is 22.6. The SMILES string of the molecule is Cc1ccc2c(c1)c1cc(C)ccc1n2-c1ccc2c(c1)-c1cc([Si](C)(C)c3ccc4c(c3)-c3cc(-n5c6ccc(C)cc6c6cc(C)ccc65)ccc3C4)ccc1C2. The van der Waals surface area contributed by atoms with Crippen molar-refractivity contribution in [3.8, 4) is 33.6 Å². The van der Waals surface area contributed by atoms with E-state index in [1.54, 1.807) is 0 Å². The molecule has 3 heteroatoms. The van der Waals surface area contributed by atoms with Crippen LogP contribution in [0.4, 0.5) is 0 Å².